The van der Waals surface area contributed by atoms with E-state index in [2.05, 4.69) is 54.8 Å². The Labute approximate surface area is 127 Å². The van der Waals surface area contributed by atoms with Crippen LogP contribution < -0.4 is 5.32 Å². The van der Waals surface area contributed by atoms with Crippen LogP contribution in [0.3, 0.4) is 0 Å². The van der Waals surface area contributed by atoms with E-state index in [-0.39, 0.29) is 0 Å². The van der Waals surface area contributed by atoms with E-state index in [1.165, 1.54) is 23.6 Å². The smallest absolute Gasteiger partial charge is 0.0640 e. The third kappa shape index (κ3) is 4.01. The summed E-state index contributed by atoms with van der Waals surface area (Å²) >= 11 is 2.10. The molecule has 0 bridgehead atoms. The van der Waals surface area contributed by atoms with Gasteiger partial charge in [-0.3, -0.25) is 4.68 Å². The number of hydrogen-bond donors (Lipinski definition) is 1. The van der Waals surface area contributed by atoms with Gasteiger partial charge in [0.2, 0.25) is 0 Å². The molecule has 2 rings (SSSR count). The molecule has 0 amide bonds. The van der Waals surface area contributed by atoms with Gasteiger partial charge in [-0.15, -0.1) is 0 Å². The standard InChI is InChI=1S/C16H29N3S/c1-4-15(5-2)19-9-7-14(18-19)11-16(17-6-3)13-8-10-20-12-13/h7,9,13,15-17H,4-6,8,10-12H2,1-3H3. The van der Waals surface area contributed by atoms with Crippen LogP contribution in [-0.2, 0) is 6.42 Å². The largest absolute Gasteiger partial charge is 0.314 e. The van der Waals surface area contributed by atoms with E-state index in [0.717, 1.165) is 31.7 Å². The van der Waals surface area contributed by atoms with Crippen molar-refractivity contribution in [3.63, 3.8) is 0 Å². The van der Waals surface area contributed by atoms with E-state index < -0.39 is 0 Å². The van der Waals surface area contributed by atoms with Crippen molar-refractivity contribution in [2.24, 2.45) is 5.92 Å². The van der Waals surface area contributed by atoms with E-state index in [1.54, 1.807) is 0 Å². The van der Waals surface area contributed by atoms with Crippen molar-refractivity contribution >= 4 is 11.8 Å². The van der Waals surface area contributed by atoms with Crippen LogP contribution in [0.15, 0.2) is 12.3 Å². The highest BCUT2D eigenvalue weighted by atomic mass is 32.2. The number of hydrogen-bond acceptors (Lipinski definition) is 3. The molecule has 1 aliphatic heterocycles. The lowest BCUT2D eigenvalue weighted by Crippen LogP contribution is -2.38. The minimum absolute atomic E-state index is 0.559. The van der Waals surface area contributed by atoms with Crippen LogP contribution >= 0.6 is 11.8 Å². The number of nitrogens with zero attached hydrogens (tertiary/aromatic N) is 2. The summed E-state index contributed by atoms with van der Waals surface area (Å²) in [7, 11) is 0. The molecular formula is C16H29N3S. The van der Waals surface area contributed by atoms with Crippen LogP contribution in [0.2, 0.25) is 0 Å². The topological polar surface area (TPSA) is 29.9 Å². The molecule has 2 unspecified atom stereocenters. The van der Waals surface area contributed by atoms with Gasteiger partial charge in [-0.05, 0) is 49.3 Å². The molecule has 0 saturated carbocycles. The Morgan fingerprint density at radius 3 is 2.80 bits per heavy atom. The van der Waals surface area contributed by atoms with E-state index in [1.807, 2.05) is 0 Å². The zero-order valence-electron chi connectivity index (χ0n) is 13.1. The Kier molecular flexibility index (Phi) is 6.43. The SMILES string of the molecule is CCNC(Cc1ccn(C(CC)CC)n1)C1CCSC1. The summed E-state index contributed by atoms with van der Waals surface area (Å²) in [5.74, 6) is 3.46. The van der Waals surface area contributed by atoms with Gasteiger partial charge in [0.25, 0.3) is 0 Å². The van der Waals surface area contributed by atoms with Gasteiger partial charge in [0.15, 0.2) is 0 Å². The number of nitrogens with one attached hydrogen (secondary N) is 1. The lowest BCUT2D eigenvalue weighted by atomic mass is 9.95. The number of aromatic nitrogens is 2. The molecule has 4 heteroatoms. The molecule has 1 aliphatic rings. The van der Waals surface area contributed by atoms with Crippen molar-refractivity contribution in [3.8, 4) is 0 Å². The second-order valence-corrected chi connectivity index (χ2v) is 6.90. The maximum Gasteiger partial charge on any atom is 0.0640 e. The van der Waals surface area contributed by atoms with E-state index in [0.29, 0.717) is 12.1 Å². The molecule has 1 saturated heterocycles. The minimum Gasteiger partial charge on any atom is -0.314 e. The lowest BCUT2D eigenvalue weighted by molar-refractivity contribution is 0.378. The van der Waals surface area contributed by atoms with Gasteiger partial charge in [-0.25, -0.2) is 0 Å². The summed E-state index contributed by atoms with van der Waals surface area (Å²) in [6.07, 6.45) is 6.92. The van der Waals surface area contributed by atoms with Crippen LogP contribution in [0.25, 0.3) is 0 Å². The van der Waals surface area contributed by atoms with Crippen molar-refractivity contribution < 1.29 is 0 Å². The second-order valence-electron chi connectivity index (χ2n) is 5.75. The van der Waals surface area contributed by atoms with Crippen molar-refractivity contribution in [1.82, 2.24) is 15.1 Å². The van der Waals surface area contributed by atoms with Gasteiger partial charge < -0.3 is 5.32 Å². The highest BCUT2D eigenvalue weighted by Crippen LogP contribution is 2.27. The summed E-state index contributed by atoms with van der Waals surface area (Å²) in [6, 6.07) is 3.37. The summed E-state index contributed by atoms with van der Waals surface area (Å²) in [4.78, 5) is 0. The molecule has 20 heavy (non-hydrogen) atoms. The first-order valence-corrected chi connectivity index (χ1v) is 9.29. The highest BCUT2D eigenvalue weighted by molar-refractivity contribution is 7.99. The predicted octanol–water partition coefficient (Wildman–Crippen LogP) is 3.52. The van der Waals surface area contributed by atoms with Gasteiger partial charge in [-0.1, -0.05) is 20.8 Å². The van der Waals surface area contributed by atoms with Crippen LogP contribution in [0.1, 0.15) is 51.8 Å². The fourth-order valence-electron chi connectivity index (χ4n) is 3.12. The number of rotatable bonds is 8. The maximum atomic E-state index is 4.82. The Balaban J connectivity index is 1.99. The molecule has 1 aromatic rings. The van der Waals surface area contributed by atoms with E-state index in [4.69, 9.17) is 5.10 Å². The predicted molar refractivity (Wildman–Crippen MR) is 88.4 cm³/mol. The Morgan fingerprint density at radius 1 is 1.40 bits per heavy atom. The van der Waals surface area contributed by atoms with E-state index in [9.17, 15) is 0 Å². The molecule has 0 aromatic carbocycles. The van der Waals surface area contributed by atoms with Gasteiger partial charge in [0.1, 0.15) is 0 Å². The third-order valence-corrected chi connectivity index (χ3v) is 5.60. The van der Waals surface area contributed by atoms with Gasteiger partial charge >= 0.3 is 0 Å². The van der Waals surface area contributed by atoms with E-state index >= 15 is 0 Å². The quantitative estimate of drug-likeness (QED) is 0.796. The van der Waals surface area contributed by atoms with Crippen LogP contribution in [0.4, 0.5) is 0 Å². The van der Waals surface area contributed by atoms with Crippen molar-refractivity contribution in [3.05, 3.63) is 18.0 Å². The van der Waals surface area contributed by atoms with Crippen LogP contribution in [0.5, 0.6) is 0 Å². The summed E-state index contributed by atoms with van der Waals surface area (Å²) < 4.78 is 2.17. The normalized spacial score (nSPS) is 20.7. The number of likely N-dealkylation sites (N-methyl/N-ethyl adjacent to an activating group) is 1. The molecule has 2 atom stereocenters. The Morgan fingerprint density at radius 2 is 2.20 bits per heavy atom. The van der Waals surface area contributed by atoms with Gasteiger partial charge in [-0.2, -0.15) is 16.9 Å². The zero-order chi connectivity index (χ0) is 14.4. The summed E-state index contributed by atoms with van der Waals surface area (Å²) in [5, 5.41) is 8.49. The van der Waals surface area contributed by atoms with Gasteiger partial charge in [0, 0.05) is 18.7 Å². The molecule has 1 aromatic heterocycles. The molecule has 1 N–H and O–H groups in total. The minimum atomic E-state index is 0.559. The third-order valence-electron chi connectivity index (χ3n) is 4.41. The Hall–Kier alpha value is -0.480. The zero-order valence-corrected chi connectivity index (χ0v) is 14.0. The number of thioether (sulfide) groups is 1. The molecule has 1 fully saturated rings. The molecule has 0 spiro atoms. The molecule has 2 heterocycles. The fourth-order valence-corrected chi connectivity index (χ4v) is 4.45. The fraction of sp³-hybridized carbons (Fsp3) is 0.812. The molecule has 0 aliphatic carbocycles. The monoisotopic (exact) mass is 295 g/mol. The van der Waals surface area contributed by atoms with Crippen LogP contribution in [-0.4, -0.2) is 33.9 Å². The van der Waals surface area contributed by atoms with Crippen molar-refractivity contribution in [1.29, 1.82) is 0 Å². The first kappa shape index (κ1) is 15.9. The first-order valence-electron chi connectivity index (χ1n) is 8.13. The molecule has 114 valence electrons. The molecule has 0 radical (unpaired) electrons. The van der Waals surface area contributed by atoms with Crippen LogP contribution in [0, 0.1) is 5.92 Å². The maximum absolute atomic E-state index is 4.82. The lowest BCUT2D eigenvalue weighted by Gasteiger charge is -2.23. The summed E-state index contributed by atoms with van der Waals surface area (Å²) in [5.41, 5.74) is 1.25. The average Bonchev–Trinajstić information content (AvgIpc) is 3.11. The highest BCUT2D eigenvalue weighted by Gasteiger charge is 2.25. The molecular weight excluding hydrogens is 266 g/mol. The van der Waals surface area contributed by atoms with Crippen molar-refractivity contribution in [2.75, 3.05) is 18.1 Å². The first-order chi connectivity index (χ1) is 9.78. The van der Waals surface area contributed by atoms with Gasteiger partial charge in [0.05, 0.1) is 11.7 Å². The van der Waals surface area contributed by atoms with Crippen molar-refractivity contribution in [2.45, 2.75) is 58.5 Å². The second kappa shape index (κ2) is 8.08. The summed E-state index contributed by atoms with van der Waals surface area (Å²) in [6.45, 7) is 7.75. The average molecular weight is 295 g/mol. The molecule has 3 nitrogen and oxygen atoms in total. The Bertz CT molecular complexity index is 381.